The number of hydrogen-bond acceptors (Lipinski definition) is 4. The van der Waals surface area contributed by atoms with Gasteiger partial charge in [-0.15, -0.1) is 0 Å². The first kappa shape index (κ1) is 10.8. The van der Waals surface area contributed by atoms with Gasteiger partial charge in [0.05, 0.1) is 12.2 Å². The van der Waals surface area contributed by atoms with Crippen LogP contribution in [-0.4, -0.2) is 31.1 Å². The van der Waals surface area contributed by atoms with Crippen molar-refractivity contribution in [3.63, 3.8) is 0 Å². The van der Waals surface area contributed by atoms with Crippen molar-refractivity contribution in [2.24, 2.45) is 0 Å². The van der Waals surface area contributed by atoms with Crippen molar-refractivity contribution >= 4 is 11.8 Å². The van der Waals surface area contributed by atoms with Gasteiger partial charge in [0.1, 0.15) is 12.7 Å². The molecule has 0 spiro atoms. The Balaban J connectivity index is 2.11. The van der Waals surface area contributed by atoms with Gasteiger partial charge >= 0.3 is 5.97 Å². The molecule has 0 N–H and O–H groups in total. The molecule has 1 atom stereocenters. The summed E-state index contributed by atoms with van der Waals surface area (Å²) in [6.07, 6.45) is 0.0356. The standard InChI is InChI=1S/C12H12O4/c1-8(13)10-4-2-3-5-11(10)12(14)16-7-9-6-15-9/h2-5,9H,6-7H2,1H3. The van der Waals surface area contributed by atoms with E-state index in [-0.39, 0.29) is 18.5 Å². The fourth-order valence-corrected chi connectivity index (χ4v) is 1.38. The molecule has 1 saturated heterocycles. The lowest BCUT2D eigenvalue weighted by Gasteiger charge is -2.06. The number of ketones is 1. The Kier molecular flexibility index (Phi) is 3.01. The van der Waals surface area contributed by atoms with Gasteiger partial charge < -0.3 is 9.47 Å². The fourth-order valence-electron chi connectivity index (χ4n) is 1.38. The molecule has 4 heteroatoms. The summed E-state index contributed by atoms with van der Waals surface area (Å²) < 4.78 is 9.95. The van der Waals surface area contributed by atoms with E-state index < -0.39 is 5.97 Å². The first-order valence-electron chi connectivity index (χ1n) is 5.07. The minimum absolute atomic E-state index is 0.0356. The number of Topliss-reactive ketones (excluding diaryl/α,β-unsaturated/α-hetero) is 1. The number of ether oxygens (including phenoxy) is 2. The monoisotopic (exact) mass is 220 g/mol. The summed E-state index contributed by atoms with van der Waals surface area (Å²) in [6.45, 7) is 2.32. The van der Waals surface area contributed by atoms with Crippen LogP contribution in [0.3, 0.4) is 0 Å². The van der Waals surface area contributed by atoms with E-state index in [0.717, 1.165) is 0 Å². The topological polar surface area (TPSA) is 55.9 Å². The molecule has 1 aromatic carbocycles. The van der Waals surface area contributed by atoms with Crippen LogP contribution >= 0.6 is 0 Å². The van der Waals surface area contributed by atoms with E-state index in [1.54, 1.807) is 24.3 Å². The molecule has 0 saturated carbocycles. The Morgan fingerprint density at radius 1 is 1.38 bits per heavy atom. The van der Waals surface area contributed by atoms with Crippen molar-refractivity contribution in [1.29, 1.82) is 0 Å². The van der Waals surface area contributed by atoms with Gasteiger partial charge in [-0.2, -0.15) is 0 Å². The van der Waals surface area contributed by atoms with Gasteiger partial charge in [-0.25, -0.2) is 4.79 Å². The molecule has 0 aromatic heterocycles. The second kappa shape index (κ2) is 4.45. The van der Waals surface area contributed by atoms with Crippen molar-refractivity contribution in [2.75, 3.05) is 13.2 Å². The number of rotatable bonds is 4. The van der Waals surface area contributed by atoms with Crippen molar-refractivity contribution in [1.82, 2.24) is 0 Å². The van der Waals surface area contributed by atoms with Crippen molar-refractivity contribution in [3.8, 4) is 0 Å². The van der Waals surface area contributed by atoms with Gasteiger partial charge in [-0.05, 0) is 13.0 Å². The van der Waals surface area contributed by atoms with Crippen LogP contribution in [0.15, 0.2) is 24.3 Å². The van der Waals surface area contributed by atoms with Crippen LogP contribution in [0.2, 0.25) is 0 Å². The SMILES string of the molecule is CC(=O)c1ccccc1C(=O)OCC1CO1. The second-order valence-corrected chi connectivity index (χ2v) is 3.66. The van der Waals surface area contributed by atoms with E-state index in [4.69, 9.17) is 9.47 Å². The molecule has 1 aliphatic heterocycles. The van der Waals surface area contributed by atoms with Gasteiger partial charge in [0.25, 0.3) is 0 Å². The number of hydrogen-bond donors (Lipinski definition) is 0. The third-order valence-electron chi connectivity index (χ3n) is 2.33. The number of epoxide rings is 1. The Morgan fingerprint density at radius 3 is 2.56 bits per heavy atom. The molecule has 1 fully saturated rings. The predicted molar refractivity (Wildman–Crippen MR) is 56.5 cm³/mol. The molecule has 0 bridgehead atoms. The molecule has 2 rings (SSSR count). The van der Waals surface area contributed by atoms with Gasteiger partial charge in [0, 0.05) is 5.56 Å². The van der Waals surface area contributed by atoms with E-state index >= 15 is 0 Å². The van der Waals surface area contributed by atoms with E-state index in [0.29, 0.717) is 17.7 Å². The Morgan fingerprint density at radius 2 is 2.00 bits per heavy atom. The number of esters is 1. The summed E-state index contributed by atoms with van der Waals surface area (Å²) in [5.41, 5.74) is 0.708. The van der Waals surface area contributed by atoms with Crippen molar-refractivity contribution < 1.29 is 19.1 Å². The highest BCUT2D eigenvalue weighted by molar-refractivity contribution is 6.05. The zero-order valence-corrected chi connectivity index (χ0v) is 8.93. The summed E-state index contributed by atoms with van der Waals surface area (Å²) in [6, 6.07) is 6.63. The van der Waals surface area contributed by atoms with Gasteiger partial charge in [-0.1, -0.05) is 18.2 Å². The third-order valence-corrected chi connectivity index (χ3v) is 2.33. The average Bonchev–Trinajstić information content (AvgIpc) is 3.09. The highest BCUT2D eigenvalue weighted by atomic mass is 16.6. The van der Waals surface area contributed by atoms with Crippen LogP contribution in [0, 0.1) is 0 Å². The van der Waals surface area contributed by atoms with Crippen LogP contribution in [0.1, 0.15) is 27.6 Å². The molecule has 84 valence electrons. The zero-order valence-electron chi connectivity index (χ0n) is 8.93. The van der Waals surface area contributed by atoms with Crippen LogP contribution in [-0.2, 0) is 9.47 Å². The zero-order chi connectivity index (χ0) is 11.5. The Bertz CT molecular complexity index is 421. The molecule has 0 radical (unpaired) electrons. The maximum atomic E-state index is 11.7. The maximum absolute atomic E-state index is 11.7. The summed E-state index contributed by atoms with van der Waals surface area (Å²) in [5, 5.41) is 0. The minimum Gasteiger partial charge on any atom is -0.459 e. The summed E-state index contributed by atoms with van der Waals surface area (Å²) in [5.74, 6) is -0.614. The predicted octanol–water partition coefficient (Wildman–Crippen LogP) is 1.44. The van der Waals surface area contributed by atoms with Crippen molar-refractivity contribution in [3.05, 3.63) is 35.4 Å². The quantitative estimate of drug-likeness (QED) is 0.437. The number of carbonyl (C=O) groups excluding carboxylic acids is 2. The molecule has 0 aliphatic carbocycles. The van der Waals surface area contributed by atoms with E-state index in [1.165, 1.54) is 6.92 Å². The highest BCUT2D eigenvalue weighted by Gasteiger charge is 2.25. The van der Waals surface area contributed by atoms with Crippen LogP contribution < -0.4 is 0 Å². The number of carbonyl (C=O) groups is 2. The lowest BCUT2D eigenvalue weighted by molar-refractivity contribution is 0.0474. The summed E-state index contributed by atoms with van der Waals surface area (Å²) >= 11 is 0. The smallest absolute Gasteiger partial charge is 0.338 e. The maximum Gasteiger partial charge on any atom is 0.338 e. The van der Waals surface area contributed by atoms with Gasteiger partial charge in [0.15, 0.2) is 5.78 Å². The average molecular weight is 220 g/mol. The molecule has 1 aliphatic rings. The summed E-state index contributed by atoms with van der Waals surface area (Å²) in [7, 11) is 0. The van der Waals surface area contributed by atoms with Crippen LogP contribution in [0.5, 0.6) is 0 Å². The Labute approximate surface area is 93.2 Å². The lowest BCUT2D eigenvalue weighted by atomic mass is 10.0. The van der Waals surface area contributed by atoms with Gasteiger partial charge in [-0.3, -0.25) is 4.79 Å². The normalized spacial score (nSPS) is 17.9. The minimum atomic E-state index is -0.471. The molecule has 4 nitrogen and oxygen atoms in total. The van der Waals surface area contributed by atoms with Crippen LogP contribution in [0.25, 0.3) is 0 Å². The number of benzene rings is 1. The van der Waals surface area contributed by atoms with Gasteiger partial charge in [0.2, 0.25) is 0 Å². The molecular weight excluding hydrogens is 208 g/mol. The molecule has 1 aromatic rings. The molecule has 16 heavy (non-hydrogen) atoms. The molecule has 0 amide bonds. The lowest BCUT2D eigenvalue weighted by Crippen LogP contribution is -2.13. The van der Waals surface area contributed by atoms with Crippen LogP contribution in [0.4, 0.5) is 0 Å². The largest absolute Gasteiger partial charge is 0.459 e. The third kappa shape index (κ3) is 2.46. The van der Waals surface area contributed by atoms with E-state index in [9.17, 15) is 9.59 Å². The Hall–Kier alpha value is -1.68. The fraction of sp³-hybridized carbons (Fsp3) is 0.333. The summed E-state index contributed by atoms with van der Waals surface area (Å²) in [4.78, 5) is 23.0. The highest BCUT2D eigenvalue weighted by Crippen LogP contribution is 2.14. The van der Waals surface area contributed by atoms with E-state index in [2.05, 4.69) is 0 Å². The first-order chi connectivity index (χ1) is 7.68. The molecule has 1 heterocycles. The van der Waals surface area contributed by atoms with E-state index in [1.807, 2.05) is 0 Å². The molecular formula is C12H12O4. The van der Waals surface area contributed by atoms with Crippen molar-refractivity contribution in [2.45, 2.75) is 13.0 Å². The second-order valence-electron chi connectivity index (χ2n) is 3.66. The molecule has 1 unspecified atom stereocenters. The first-order valence-corrected chi connectivity index (χ1v) is 5.07.